The lowest BCUT2D eigenvalue weighted by Crippen LogP contribution is -2.07. The summed E-state index contributed by atoms with van der Waals surface area (Å²) in [6, 6.07) is 7.98. The number of anilines is 2. The third-order valence-electron chi connectivity index (χ3n) is 2.46. The van der Waals surface area contributed by atoms with Crippen LogP contribution in [0.1, 0.15) is 11.4 Å². The van der Waals surface area contributed by atoms with Crippen molar-refractivity contribution >= 4 is 23.7 Å². The normalized spacial score (nSPS) is 10.4. The van der Waals surface area contributed by atoms with Gasteiger partial charge in [-0.15, -0.1) is 0 Å². The molecule has 0 radical (unpaired) electrons. The maximum atomic E-state index is 5.62. The number of nitrogen functional groups attached to an aromatic ring is 2. The highest BCUT2D eigenvalue weighted by Crippen LogP contribution is 2.13. The second kappa shape index (κ2) is 6.95. The van der Waals surface area contributed by atoms with E-state index in [4.69, 9.17) is 16.2 Å². The largest absolute Gasteiger partial charge is 0.493 e. The minimum atomic E-state index is 0.156. The molecule has 0 aliphatic rings. The zero-order valence-electron chi connectivity index (χ0n) is 11.2. The zero-order valence-corrected chi connectivity index (χ0v) is 12.1. The van der Waals surface area contributed by atoms with Gasteiger partial charge in [-0.1, -0.05) is 17.7 Å². The maximum Gasteiger partial charge on any atom is 0.225 e. The first-order chi connectivity index (χ1) is 9.63. The van der Waals surface area contributed by atoms with Crippen molar-refractivity contribution in [1.82, 2.24) is 15.0 Å². The van der Waals surface area contributed by atoms with Gasteiger partial charge in [0.1, 0.15) is 11.6 Å². The van der Waals surface area contributed by atoms with Crippen molar-refractivity contribution in [2.75, 3.05) is 23.8 Å². The van der Waals surface area contributed by atoms with Gasteiger partial charge in [0.2, 0.25) is 11.9 Å². The first-order valence-electron chi connectivity index (χ1n) is 6.16. The average molecular weight is 291 g/mol. The van der Waals surface area contributed by atoms with Crippen molar-refractivity contribution in [1.29, 1.82) is 0 Å². The topological polar surface area (TPSA) is 99.9 Å². The number of rotatable bonds is 6. The molecule has 0 aliphatic carbocycles. The molecule has 0 spiro atoms. The molecule has 106 valence electrons. The molecule has 20 heavy (non-hydrogen) atoms. The molecule has 2 rings (SSSR count). The second-order valence-electron chi connectivity index (χ2n) is 4.18. The molecule has 0 amide bonds. The Morgan fingerprint density at radius 2 is 1.70 bits per heavy atom. The van der Waals surface area contributed by atoms with Crippen LogP contribution in [-0.2, 0) is 5.75 Å². The van der Waals surface area contributed by atoms with Gasteiger partial charge in [-0.2, -0.15) is 26.7 Å². The van der Waals surface area contributed by atoms with Gasteiger partial charge in [-0.25, -0.2) is 0 Å². The summed E-state index contributed by atoms with van der Waals surface area (Å²) in [4.78, 5) is 11.8. The van der Waals surface area contributed by atoms with Crippen LogP contribution in [0.15, 0.2) is 24.3 Å². The standard InChI is InChI=1S/C13H17N5OS/c1-9-2-4-10(5-3-9)19-6-7-20-8-11-16-12(14)18-13(15)17-11/h2-5H,6-8H2,1H3,(H4,14,15,16,17,18). The van der Waals surface area contributed by atoms with Gasteiger partial charge < -0.3 is 16.2 Å². The first-order valence-corrected chi connectivity index (χ1v) is 7.32. The molecular weight excluding hydrogens is 274 g/mol. The van der Waals surface area contributed by atoms with Crippen LogP contribution in [0.3, 0.4) is 0 Å². The molecule has 2 aromatic rings. The average Bonchev–Trinajstić information content (AvgIpc) is 2.39. The van der Waals surface area contributed by atoms with E-state index in [1.54, 1.807) is 11.8 Å². The van der Waals surface area contributed by atoms with E-state index in [-0.39, 0.29) is 11.9 Å². The number of aryl methyl sites for hydroxylation is 1. The lowest BCUT2D eigenvalue weighted by atomic mass is 10.2. The Bertz CT molecular complexity index is 541. The second-order valence-corrected chi connectivity index (χ2v) is 5.29. The van der Waals surface area contributed by atoms with E-state index in [1.165, 1.54) is 5.56 Å². The third kappa shape index (κ3) is 4.58. The lowest BCUT2D eigenvalue weighted by Gasteiger charge is -2.06. The Kier molecular flexibility index (Phi) is 5.00. The molecule has 1 aromatic heterocycles. The molecule has 0 atom stereocenters. The minimum absolute atomic E-state index is 0.156. The highest BCUT2D eigenvalue weighted by atomic mass is 32.2. The van der Waals surface area contributed by atoms with Gasteiger partial charge in [0.05, 0.1) is 12.4 Å². The number of aromatic nitrogens is 3. The molecule has 1 heterocycles. The molecule has 0 fully saturated rings. The number of thioether (sulfide) groups is 1. The summed E-state index contributed by atoms with van der Waals surface area (Å²) in [6.45, 7) is 2.68. The fourth-order valence-corrected chi connectivity index (χ4v) is 2.19. The Balaban J connectivity index is 1.70. The van der Waals surface area contributed by atoms with Crippen LogP contribution in [0.2, 0.25) is 0 Å². The van der Waals surface area contributed by atoms with Crippen LogP contribution in [-0.4, -0.2) is 27.3 Å². The van der Waals surface area contributed by atoms with Gasteiger partial charge in [0.15, 0.2) is 0 Å². The number of ether oxygens (including phenoxy) is 1. The van der Waals surface area contributed by atoms with Crippen molar-refractivity contribution in [2.24, 2.45) is 0 Å². The van der Waals surface area contributed by atoms with Crippen molar-refractivity contribution in [3.05, 3.63) is 35.7 Å². The van der Waals surface area contributed by atoms with E-state index in [0.29, 0.717) is 18.2 Å². The molecule has 0 aliphatic heterocycles. The van der Waals surface area contributed by atoms with Gasteiger partial charge in [0, 0.05) is 5.75 Å². The monoisotopic (exact) mass is 291 g/mol. The molecule has 1 aromatic carbocycles. The molecule has 7 heteroatoms. The molecule has 0 unspecified atom stereocenters. The highest BCUT2D eigenvalue weighted by molar-refractivity contribution is 7.98. The molecule has 0 saturated heterocycles. The van der Waals surface area contributed by atoms with Crippen LogP contribution < -0.4 is 16.2 Å². The van der Waals surface area contributed by atoms with Crippen molar-refractivity contribution < 1.29 is 4.74 Å². The van der Waals surface area contributed by atoms with Crippen LogP contribution in [0, 0.1) is 6.92 Å². The minimum Gasteiger partial charge on any atom is -0.493 e. The molecular formula is C13H17N5OS. The molecule has 0 saturated carbocycles. The van der Waals surface area contributed by atoms with E-state index in [2.05, 4.69) is 15.0 Å². The number of nitrogens with zero attached hydrogens (tertiary/aromatic N) is 3. The quantitative estimate of drug-likeness (QED) is 0.780. The number of nitrogens with two attached hydrogens (primary N) is 2. The Hall–Kier alpha value is -2.02. The zero-order chi connectivity index (χ0) is 14.4. The molecule has 6 nitrogen and oxygen atoms in total. The number of hydrogen-bond acceptors (Lipinski definition) is 7. The van der Waals surface area contributed by atoms with Crippen LogP contribution >= 0.6 is 11.8 Å². The summed E-state index contributed by atoms with van der Waals surface area (Å²) in [5, 5.41) is 0. The van der Waals surface area contributed by atoms with E-state index in [1.807, 2.05) is 31.2 Å². The van der Waals surface area contributed by atoms with Crippen LogP contribution in [0.25, 0.3) is 0 Å². The van der Waals surface area contributed by atoms with Crippen molar-refractivity contribution in [3.63, 3.8) is 0 Å². The van der Waals surface area contributed by atoms with E-state index >= 15 is 0 Å². The van der Waals surface area contributed by atoms with E-state index in [0.717, 1.165) is 11.5 Å². The fraction of sp³-hybridized carbons (Fsp3) is 0.308. The predicted molar refractivity (Wildman–Crippen MR) is 81.5 cm³/mol. The summed E-state index contributed by atoms with van der Waals surface area (Å²) in [5.41, 5.74) is 12.2. The van der Waals surface area contributed by atoms with E-state index in [9.17, 15) is 0 Å². The van der Waals surface area contributed by atoms with Crippen LogP contribution in [0.5, 0.6) is 5.75 Å². The summed E-state index contributed by atoms with van der Waals surface area (Å²) in [6.07, 6.45) is 0. The molecule has 4 N–H and O–H groups in total. The van der Waals surface area contributed by atoms with Crippen LogP contribution in [0.4, 0.5) is 11.9 Å². The maximum absolute atomic E-state index is 5.62. The van der Waals surface area contributed by atoms with Crippen molar-refractivity contribution in [2.45, 2.75) is 12.7 Å². The first kappa shape index (κ1) is 14.4. The molecule has 0 bridgehead atoms. The van der Waals surface area contributed by atoms with E-state index < -0.39 is 0 Å². The smallest absolute Gasteiger partial charge is 0.225 e. The highest BCUT2D eigenvalue weighted by Gasteiger charge is 2.02. The lowest BCUT2D eigenvalue weighted by molar-refractivity contribution is 0.344. The fourth-order valence-electron chi connectivity index (χ4n) is 1.54. The van der Waals surface area contributed by atoms with Gasteiger partial charge in [-0.05, 0) is 19.1 Å². The summed E-state index contributed by atoms with van der Waals surface area (Å²) < 4.78 is 5.62. The number of benzene rings is 1. The summed E-state index contributed by atoms with van der Waals surface area (Å²) >= 11 is 1.66. The SMILES string of the molecule is Cc1ccc(OCCSCc2nc(N)nc(N)n2)cc1. The van der Waals surface area contributed by atoms with Gasteiger partial charge in [-0.3, -0.25) is 0 Å². The Morgan fingerprint density at radius 1 is 1.05 bits per heavy atom. The summed E-state index contributed by atoms with van der Waals surface area (Å²) in [7, 11) is 0. The van der Waals surface area contributed by atoms with Gasteiger partial charge >= 0.3 is 0 Å². The number of hydrogen-bond donors (Lipinski definition) is 2. The third-order valence-corrected chi connectivity index (χ3v) is 3.38. The Morgan fingerprint density at radius 3 is 2.35 bits per heavy atom. The Labute approximate surface area is 122 Å². The van der Waals surface area contributed by atoms with Gasteiger partial charge in [0.25, 0.3) is 0 Å². The summed E-state index contributed by atoms with van der Waals surface area (Å²) in [5.74, 6) is 3.25. The predicted octanol–water partition coefficient (Wildman–Crippen LogP) is 1.66. The van der Waals surface area contributed by atoms with Crippen molar-refractivity contribution in [3.8, 4) is 5.75 Å².